The van der Waals surface area contributed by atoms with Gasteiger partial charge in [0.1, 0.15) is 0 Å². The zero-order valence-electron chi connectivity index (χ0n) is 11.9. The van der Waals surface area contributed by atoms with Crippen LogP contribution in [0.5, 0.6) is 0 Å². The zero-order chi connectivity index (χ0) is 15.3. The number of esters is 2. The molecule has 1 saturated heterocycles. The second-order valence-electron chi connectivity index (χ2n) is 4.64. The van der Waals surface area contributed by atoms with Crippen LogP contribution in [0.15, 0.2) is 0 Å². The Morgan fingerprint density at radius 1 is 1.30 bits per heavy atom. The van der Waals surface area contributed by atoms with Crippen molar-refractivity contribution < 1.29 is 23.9 Å². The van der Waals surface area contributed by atoms with E-state index in [1.807, 2.05) is 0 Å². The first-order valence-electron chi connectivity index (χ1n) is 6.62. The lowest BCUT2D eigenvalue weighted by Crippen LogP contribution is -2.40. The molecule has 0 radical (unpaired) electrons. The van der Waals surface area contributed by atoms with Gasteiger partial charge in [0.25, 0.3) is 0 Å². The van der Waals surface area contributed by atoms with Crippen LogP contribution in [-0.2, 0) is 23.9 Å². The van der Waals surface area contributed by atoms with E-state index >= 15 is 0 Å². The monoisotopic (exact) mass is 305 g/mol. The maximum absolute atomic E-state index is 12.2. The molecule has 114 valence electrons. The van der Waals surface area contributed by atoms with Gasteiger partial charge in [0.2, 0.25) is 5.91 Å². The van der Waals surface area contributed by atoms with E-state index < -0.39 is 23.8 Å². The Balaban J connectivity index is 3.04. The predicted molar refractivity (Wildman–Crippen MR) is 72.1 cm³/mol. The van der Waals surface area contributed by atoms with E-state index in [0.29, 0.717) is 6.54 Å². The Bertz CT molecular complexity index is 369. The van der Waals surface area contributed by atoms with Crippen molar-refractivity contribution in [2.24, 2.45) is 17.8 Å². The summed E-state index contributed by atoms with van der Waals surface area (Å²) < 4.78 is 9.81. The topological polar surface area (TPSA) is 72.9 Å². The number of hydrogen-bond acceptors (Lipinski definition) is 5. The van der Waals surface area contributed by atoms with Gasteiger partial charge in [-0.1, -0.05) is 0 Å². The quantitative estimate of drug-likeness (QED) is 0.410. The summed E-state index contributed by atoms with van der Waals surface area (Å²) >= 11 is 5.86. The standard InChI is InChI=1S/C13H20ClNO5/c1-4-19-12(17)10(13(18)20-5-2)9-8(6-14)7-15(3)11(9)16/h8-10H,4-7H2,1-3H3/t8-,9-/m1/s1. The molecule has 2 atom stereocenters. The van der Waals surface area contributed by atoms with E-state index in [9.17, 15) is 14.4 Å². The Morgan fingerprint density at radius 2 is 1.80 bits per heavy atom. The Hall–Kier alpha value is -1.30. The molecule has 6 nitrogen and oxygen atoms in total. The van der Waals surface area contributed by atoms with Gasteiger partial charge in [-0.15, -0.1) is 11.6 Å². The third-order valence-electron chi connectivity index (χ3n) is 3.32. The highest BCUT2D eigenvalue weighted by molar-refractivity contribution is 6.18. The number of halogens is 1. The van der Waals surface area contributed by atoms with E-state index in [4.69, 9.17) is 21.1 Å². The van der Waals surface area contributed by atoms with Gasteiger partial charge in [-0.05, 0) is 13.8 Å². The van der Waals surface area contributed by atoms with Gasteiger partial charge in [0, 0.05) is 25.4 Å². The number of likely N-dealkylation sites (tertiary alicyclic amines) is 1. The van der Waals surface area contributed by atoms with Gasteiger partial charge >= 0.3 is 11.9 Å². The normalized spacial score (nSPS) is 22.2. The van der Waals surface area contributed by atoms with Crippen molar-refractivity contribution in [1.29, 1.82) is 0 Å². The van der Waals surface area contributed by atoms with Gasteiger partial charge in [-0.2, -0.15) is 0 Å². The molecule has 1 aliphatic rings. The first-order valence-corrected chi connectivity index (χ1v) is 7.15. The Morgan fingerprint density at radius 3 is 2.20 bits per heavy atom. The third kappa shape index (κ3) is 3.42. The summed E-state index contributed by atoms with van der Waals surface area (Å²) in [6.45, 7) is 3.97. The fourth-order valence-electron chi connectivity index (χ4n) is 2.42. The van der Waals surface area contributed by atoms with Crippen LogP contribution in [0.2, 0.25) is 0 Å². The van der Waals surface area contributed by atoms with Crippen molar-refractivity contribution >= 4 is 29.4 Å². The molecule has 0 spiro atoms. The number of alkyl halides is 1. The van der Waals surface area contributed by atoms with E-state index in [1.54, 1.807) is 20.9 Å². The molecule has 0 bridgehead atoms. The molecule has 1 aliphatic heterocycles. The van der Waals surface area contributed by atoms with Crippen LogP contribution in [0, 0.1) is 17.8 Å². The minimum Gasteiger partial charge on any atom is -0.465 e. The van der Waals surface area contributed by atoms with Gasteiger partial charge in [-0.3, -0.25) is 14.4 Å². The average molecular weight is 306 g/mol. The van der Waals surface area contributed by atoms with E-state index in [0.717, 1.165) is 0 Å². The van der Waals surface area contributed by atoms with Crippen LogP contribution in [-0.4, -0.2) is 55.4 Å². The van der Waals surface area contributed by atoms with Crippen molar-refractivity contribution in [2.45, 2.75) is 13.8 Å². The van der Waals surface area contributed by atoms with Crippen LogP contribution in [0.4, 0.5) is 0 Å². The number of hydrogen-bond donors (Lipinski definition) is 0. The number of rotatable bonds is 6. The van der Waals surface area contributed by atoms with E-state index in [2.05, 4.69) is 0 Å². The molecule has 1 fully saturated rings. The summed E-state index contributed by atoms with van der Waals surface area (Å²) in [6.07, 6.45) is 0. The van der Waals surface area contributed by atoms with Gasteiger partial charge in [0.05, 0.1) is 19.1 Å². The lowest BCUT2D eigenvalue weighted by atomic mass is 9.84. The largest absolute Gasteiger partial charge is 0.465 e. The van der Waals surface area contributed by atoms with Crippen LogP contribution < -0.4 is 0 Å². The SMILES string of the molecule is CCOC(=O)C(C(=O)OCC)[C@@H]1C(=O)N(C)C[C@H]1CCl. The molecule has 0 aromatic rings. The molecular formula is C13H20ClNO5. The molecule has 0 aromatic carbocycles. The van der Waals surface area contributed by atoms with Crippen LogP contribution in [0.25, 0.3) is 0 Å². The number of ether oxygens (including phenoxy) is 2. The molecule has 7 heteroatoms. The molecular weight excluding hydrogens is 286 g/mol. The van der Waals surface area contributed by atoms with Crippen molar-refractivity contribution in [3.63, 3.8) is 0 Å². The summed E-state index contributed by atoms with van der Waals surface area (Å²) in [7, 11) is 1.62. The smallest absolute Gasteiger partial charge is 0.321 e. The van der Waals surface area contributed by atoms with Crippen molar-refractivity contribution in [2.75, 3.05) is 32.7 Å². The van der Waals surface area contributed by atoms with Gasteiger partial charge in [0.15, 0.2) is 5.92 Å². The second kappa shape index (κ2) is 7.47. The number of amides is 1. The van der Waals surface area contributed by atoms with Gasteiger partial charge in [-0.25, -0.2) is 0 Å². The Labute approximate surface area is 123 Å². The van der Waals surface area contributed by atoms with Crippen molar-refractivity contribution in [1.82, 2.24) is 4.90 Å². The second-order valence-corrected chi connectivity index (χ2v) is 4.95. The zero-order valence-corrected chi connectivity index (χ0v) is 12.7. The van der Waals surface area contributed by atoms with Crippen LogP contribution in [0.3, 0.4) is 0 Å². The maximum atomic E-state index is 12.2. The highest BCUT2D eigenvalue weighted by Crippen LogP contribution is 2.33. The molecule has 0 unspecified atom stereocenters. The van der Waals surface area contributed by atoms with Crippen LogP contribution >= 0.6 is 11.6 Å². The molecule has 0 aromatic heterocycles. The first kappa shape index (κ1) is 16.8. The number of carbonyl (C=O) groups is 3. The Kier molecular flexibility index (Phi) is 6.26. The third-order valence-corrected chi connectivity index (χ3v) is 3.71. The summed E-state index contributed by atoms with van der Waals surface area (Å²) in [4.78, 5) is 37.7. The molecule has 1 amide bonds. The molecule has 20 heavy (non-hydrogen) atoms. The summed E-state index contributed by atoms with van der Waals surface area (Å²) in [5.74, 6) is -3.86. The van der Waals surface area contributed by atoms with Crippen molar-refractivity contribution in [3.8, 4) is 0 Å². The number of carbonyl (C=O) groups excluding carboxylic acids is 3. The summed E-state index contributed by atoms with van der Waals surface area (Å²) in [5, 5.41) is 0. The lowest BCUT2D eigenvalue weighted by Gasteiger charge is -2.22. The molecule has 0 aliphatic carbocycles. The molecule has 1 rings (SSSR count). The average Bonchev–Trinajstić information content (AvgIpc) is 2.68. The summed E-state index contributed by atoms with van der Waals surface area (Å²) in [6, 6.07) is 0. The fourth-order valence-corrected chi connectivity index (χ4v) is 2.71. The summed E-state index contributed by atoms with van der Waals surface area (Å²) in [5.41, 5.74) is 0. The van der Waals surface area contributed by atoms with Crippen molar-refractivity contribution in [3.05, 3.63) is 0 Å². The van der Waals surface area contributed by atoms with Crippen LogP contribution in [0.1, 0.15) is 13.8 Å². The fraction of sp³-hybridized carbons (Fsp3) is 0.769. The van der Waals surface area contributed by atoms with Gasteiger partial charge < -0.3 is 14.4 Å². The minimum atomic E-state index is -1.24. The molecule has 0 saturated carbocycles. The van der Waals surface area contributed by atoms with E-state index in [1.165, 1.54) is 4.90 Å². The predicted octanol–water partition coefficient (Wildman–Crippen LogP) is 0.672. The number of nitrogens with zero attached hydrogens (tertiary/aromatic N) is 1. The van der Waals surface area contributed by atoms with E-state index in [-0.39, 0.29) is 30.9 Å². The first-order chi connectivity index (χ1) is 9.47. The maximum Gasteiger partial charge on any atom is 0.321 e. The lowest BCUT2D eigenvalue weighted by molar-refractivity contribution is -0.167. The minimum absolute atomic E-state index is 0.136. The molecule has 0 N–H and O–H groups in total. The highest BCUT2D eigenvalue weighted by Gasteiger charge is 2.50. The highest BCUT2D eigenvalue weighted by atomic mass is 35.5. The molecule has 1 heterocycles.